The second kappa shape index (κ2) is 7.19. The molecule has 0 fully saturated rings. The van der Waals surface area contributed by atoms with E-state index in [9.17, 15) is 13.2 Å². The van der Waals surface area contributed by atoms with Gasteiger partial charge in [-0.2, -0.15) is 13.2 Å². The van der Waals surface area contributed by atoms with E-state index in [0.717, 1.165) is 5.56 Å². The van der Waals surface area contributed by atoms with E-state index in [-0.39, 0.29) is 35.1 Å². The van der Waals surface area contributed by atoms with Crippen molar-refractivity contribution < 1.29 is 23.0 Å². The molecule has 1 unspecified atom stereocenters. The van der Waals surface area contributed by atoms with Crippen molar-refractivity contribution in [2.75, 3.05) is 20.8 Å². The summed E-state index contributed by atoms with van der Waals surface area (Å²) in [5.74, 6) is 0.203. The third-order valence-electron chi connectivity index (χ3n) is 2.90. The fourth-order valence-electron chi connectivity index (χ4n) is 1.61. The Labute approximate surface area is 120 Å². The van der Waals surface area contributed by atoms with Crippen molar-refractivity contribution in [2.24, 2.45) is 0 Å². The maximum atomic E-state index is 12.5. The summed E-state index contributed by atoms with van der Waals surface area (Å²) in [4.78, 5) is 1.91. The lowest BCUT2D eigenvalue weighted by Gasteiger charge is -2.23. The minimum absolute atomic E-state index is 0.00316. The number of aliphatic hydroxyl groups excluding tert-OH is 1. The summed E-state index contributed by atoms with van der Waals surface area (Å²) < 4.78 is 42.4. The van der Waals surface area contributed by atoms with Crippen molar-refractivity contribution in [3.63, 3.8) is 0 Å². The maximum Gasteiger partial charge on any atom is 0.446 e. The highest BCUT2D eigenvalue weighted by Gasteiger charge is 2.31. The number of thioether (sulfide) groups is 1. The highest BCUT2D eigenvalue weighted by molar-refractivity contribution is 8.00. The van der Waals surface area contributed by atoms with Crippen LogP contribution in [0.5, 0.6) is 5.75 Å². The molecule has 0 radical (unpaired) electrons. The summed E-state index contributed by atoms with van der Waals surface area (Å²) in [6.45, 7) is 2.29. The number of hydrogen-bond donors (Lipinski definition) is 1. The summed E-state index contributed by atoms with van der Waals surface area (Å²) in [6, 6.07) is 4.66. The van der Waals surface area contributed by atoms with Crippen molar-refractivity contribution in [1.29, 1.82) is 0 Å². The molecule has 20 heavy (non-hydrogen) atoms. The molecule has 0 aliphatic rings. The fraction of sp³-hybridized carbons (Fsp3) is 0.538. The van der Waals surface area contributed by atoms with Crippen LogP contribution in [0.15, 0.2) is 23.1 Å². The van der Waals surface area contributed by atoms with Crippen molar-refractivity contribution in [2.45, 2.75) is 29.9 Å². The fourth-order valence-corrected chi connectivity index (χ4v) is 2.32. The first kappa shape index (κ1) is 17.1. The van der Waals surface area contributed by atoms with Gasteiger partial charge in [0.15, 0.2) is 0 Å². The van der Waals surface area contributed by atoms with E-state index in [0.29, 0.717) is 6.54 Å². The predicted molar refractivity (Wildman–Crippen MR) is 72.9 cm³/mol. The molecule has 1 atom stereocenters. The number of hydrogen-bond acceptors (Lipinski definition) is 4. The Morgan fingerprint density at radius 1 is 1.40 bits per heavy atom. The Morgan fingerprint density at radius 3 is 2.55 bits per heavy atom. The van der Waals surface area contributed by atoms with Crippen LogP contribution in [0.3, 0.4) is 0 Å². The lowest BCUT2D eigenvalue weighted by molar-refractivity contribution is -0.0328. The van der Waals surface area contributed by atoms with E-state index in [2.05, 4.69) is 0 Å². The smallest absolute Gasteiger partial charge is 0.446 e. The summed E-state index contributed by atoms with van der Waals surface area (Å²) in [5.41, 5.74) is -3.61. The lowest BCUT2D eigenvalue weighted by atomic mass is 10.2. The van der Waals surface area contributed by atoms with Crippen molar-refractivity contribution in [3.05, 3.63) is 23.8 Å². The Balaban J connectivity index is 2.92. The molecule has 0 aliphatic carbocycles. The number of benzene rings is 1. The lowest BCUT2D eigenvalue weighted by Crippen LogP contribution is -2.31. The molecule has 1 aromatic carbocycles. The average Bonchev–Trinajstić information content (AvgIpc) is 2.36. The zero-order valence-corrected chi connectivity index (χ0v) is 12.4. The van der Waals surface area contributed by atoms with Gasteiger partial charge in [0.05, 0.1) is 18.6 Å². The number of rotatable bonds is 6. The van der Waals surface area contributed by atoms with E-state index in [1.165, 1.54) is 19.2 Å². The zero-order valence-electron chi connectivity index (χ0n) is 11.6. The van der Waals surface area contributed by atoms with Gasteiger partial charge in [-0.1, -0.05) is 6.07 Å². The molecule has 0 saturated carbocycles. The third kappa shape index (κ3) is 5.22. The van der Waals surface area contributed by atoms with Gasteiger partial charge in [-0.3, -0.25) is 4.90 Å². The standard InChI is InChI=1S/C13H18F3NO2S/c1-9(8-18)17(2)7-10-4-5-11(19-3)12(6-10)20-13(14,15)16/h4-6,9,18H,7-8H2,1-3H3. The van der Waals surface area contributed by atoms with Crippen LogP contribution >= 0.6 is 11.8 Å². The second-order valence-corrected chi connectivity index (χ2v) is 5.59. The van der Waals surface area contributed by atoms with Gasteiger partial charge in [0, 0.05) is 12.6 Å². The van der Waals surface area contributed by atoms with Gasteiger partial charge < -0.3 is 9.84 Å². The molecular weight excluding hydrogens is 291 g/mol. The Bertz CT molecular complexity index is 440. The van der Waals surface area contributed by atoms with Gasteiger partial charge in [0.25, 0.3) is 0 Å². The van der Waals surface area contributed by atoms with E-state index in [1.54, 1.807) is 6.07 Å². The topological polar surface area (TPSA) is 32.7 Å². The van der Waals surface area contributed by atoms with Crippen LogP contribution in [0, 0.1) is 0 Å². The summed E-state index contributed by atoms with van der Waals surface area (Å²) in [5, 5.41) is 9.06. The van der Waals surface area contributed by atoms with Crippen molar-refractivity contribution in [3.8, 4) is 5.75 Å². The summed E-state index contributed by atoms with van der Waals surface area (Å²) in [6.07, 6.45) is 0. The number of methoxy groups -OCH3 is 1. The largest absolute Gasteiger partial charge is 0.496 e. The van der Waals surface area contributed by atoms with Crippen molar-refractivity contribution >= 4 is 11.8 Å². The normalized spacial score (nSPS) is 13.6. The van der Waals surface area contributed by atoms with Crippen LogP contribution in [-0.2, 0) is 6.54 Å². The molecule has 0 aliphatic heterocycles. The molecule has 0 bridgehead atoms. The quantitative estimate of drug-likeness (QED) is 0.819. The molecule has 1 aromatic rings. The molecular formula is C13H18F3NO2S. The van der Waals surface area contributed by atoms with Gasteiger partial charge in [-0.15, -0.1) is 0 Å². The molecule has 0 aromatic heterocycles. The van der Waals surface area contributed by atoms with Gasteiger partial charge >= 0.3 is 5.51 Å². The second-order valence-electron chi connectivity index (χ2n) is 4.48. The molecule has 0 heterocycles. The van der Waals surface area contributed by atoms with Gasteiger partial charge in [-0.25, -0.2) is 0 Å². The van der Waals surface area contributed by atoms with Crippen LogP contribution in [0.4, 0.5) is 13.2 Å². The molecule has 7 heteroatoms. The molecule has 3 nitrogen and oxygen atoms in total. The number of alkyl halides is 3. The minimum atomic E-state index is -4.35. The Morgan fingerprint density at radius 2 is 2.05 bits per heavy atom. The first-order valence-corrected chi connectivity index (χ1v) is 6.82. The number of halogens is 3. The van der Waals surface area contributed by atoms with E-state index in [1.807, 2.05) is 18.9 Å². The van der Waals surface area contributed by atoms with Crippen LogP contribution in [0.1, 0.15) is 12.5 Å². The van der Waals surface area contributed by atoms with Gasteiger partial charge in [-0.05, 0) is 43.4 Å². The predicted octanol–water partition coefficient (Wildman–Crippen LogP) is 3.12. The average molecular weight is 309 g/mol. The van der Waals surface area contributed by atoms with Crippen LogP contribution in [0.2, 0.25) is 0 Å². The number of nitrogens with zero attached hydrogens (tertiary/aromatic N) is 1. The summed E-state index contributed by atoms with van der Waals surface area (Å²) in [7, 11) is 3.15. The van der Waals surface area contributed by atoms with E-state index in [4.69, 9.17) is 9.84 Å². The first-order valence-electron chi connectivity index (χ1n) is 6.00. The first-order chi connectivity index (χ1) is 9.26. The molecule has 1 rings (SSSR count). The Hall–Kier alpha value is -0.920. The third-order valence-corrected chi connectivity index (χ3v) is 3.67. The molecule has 0 spiro atoms. The number of aliphatic hydroxyl groups is 1. The summed E-state index contributed by atoms with van der Waals surface area (Å²) >= 11 is -0.186. The van der Waals surface area contributed by atoms with E-state index < -0.39 is 5.51 Å². The highest BCUT2D eigenvalue weighted by Crippen LogP contribution is 2.41. The number of ether oxygens (including phenoxy) is 1. The van der Waals surface area contributed by atoms with Gasteiger partial charge in [0.2, 0.25) is 0 Å². The van der Waals surface area contributed by atoms with E-state index >= 15 is 0 Å². The molecule has 0 saturated heterocycles. The highest BCUT2D eigenvalue weighted by atomic mass is 32.2. The molecule has 114 valence electrons. The van der Waals surface area contributed by atoms with Crippen LogP contribution in [0.25, 0.3) is 0 Å². The monoisotopic (exact) mass is 309 g/mol. The molecule has 0 amide bonds. The zero-order chi connectivity index (χ0) is 15.3. The number of likely N-dealkylation sites (N-methyl/N-ethyl adjacent to an activating group) is 1. The van der Waals surface area contributed by atoms with Crippen LogP contribution < -0.4 is 4.74 Å². The van der Waals surface area contributed by atoms with Crippen molar-refractivity contribution in [1.82, 2.24) is 4.90 Å². The van der Waals surface area contributed by atoms with Gasteiger partial charge in [0.1, 0.15) is 5.75 Å². The SMILES string of the molecule is COc1ccc(CN(C)C(C)CO)cc1SC(F)(F)F. The Kier molecular flexibility index (Phi) is 6.16. The maximum absolute atomic E-state index is 12.5. The minimum Gasteiger partial charge on any atom is -0.496 e. The van der Waals surface area contributed by atoms with Crippen LogP contribution in [-0.4, -0.2) is 42.3 Å². The molecule has 1 N–H and O–H groups in total.